The molecule has 0 amide bonds. The second-order valence-corrected chi connectivity index (χ2v) is 6.50. The fourth-order valence-electron chi connectivity index (χ4n) is 3.51. The molecule has 0 aromatic heterocycles. The molecule has 0 spiro atoms. The van der Waals surface area contributed by atoms with Crippen LogP contribution in [0.2, 0.25) is 6.32 Å². The maximum Gasteiger partial charge on any atom is 0.451 e. The van der Waals surface area contributed by atoms with Crippen molar-refractivity contribution in [1.29, 1.82) is 0 Å². The average Bonchev–Trinajstić information content (AvgIpc) is 2.78. The van der Waals surface area contributed by atoms with Gasteiger partial charge < -0.3 is 25.6 Å². The molecule has 20 heavy (non-hydrogen) atoms. The number of piperidine rings is 1. The minimum Gasteiger partial charge on any atom is -0.427 e. The van der Waals surface area contributed by atoms with E-state index in [1.807, 2.05) is 0 Å². The van der Waals surface area contributed by atoms with Crippen molar-refractivity contribution in [2.24, 2.45) is 11.7 Å². The smallest absolute Gasteiger partial charge is 0.427 e. The molecular formula is C14H30BN3O2. The maximum absolute atomic E-state index is 8.88. The van der Waals surface area contributed by atoms with Crippen molar-refractivity contribution in [2.45, 2.75) is 44.5 Å². The van der Waals surface area contributed by atoms with E-state index >= 15 is 0 Å². The SMILES string of the molecule is N[C@H]1CN(CCN2CCCCC2)C[C@@H]1CCCB(O)O. The molecule has 5 nitrogen and oxygen atoms in total. The lowest BCUT2D eigenvalue weighted by Gasteiger charge is -2.28. The van der Waals surface area contributed by atoms with Gasteiger partial charge in [0.05, 0.1) is 0 Å². The first kappa shape index (κ1) is 16.2. The van der Waals surface area contributed by atoms with E-state index in [-0.39, 0.29) is 6.04 Å². The van der Waals surface area contributed by atoms with E-state index in [0.717, 1.165) is 32.5 Å². The molecule has 2 heterocycles. The lowest BCUT2D eigenvalue weighted by Crippen LogP contribution is -2.37. The molecule has 2 aliphatic rings. The van der Waals surface area contributed by atoms with Crippen molar-refractivity contribution in [3.8, 4) is 0 Å². The summed E-state index contributed by atoms with van der Waals surface area (Å²) >= 11 is 0. The van der Waals surface area contributed by atoms with Gasteiger partial charge in [-0.3, -0.25) is 0 Å². The highest BCUT2D eigenvalue weighted by atomic mass is 16.4. The first-order valence-corrected chi connectivity index (χ1v) is 8.21. The van der Waals surface area contributed by atoms with Crippen molar-refractivity contribution < 1.29 is 10.0 Å². The minimum absolute atomic E-state index is 0.257. The van der Waals surface area contributed by atoms with Crippen molar-refractivity contribution in [2.75, 3.05) is 39.3 Å². The number of nitrogens with zero attached hydrogens (tertiary/aromatic N) is 2. The third-order valence-electron chi connectivity index (χ3n) is 4.79. The van der Waals surface area contributed by atoms with Crippen LogP contribution in [0, 0.1) is 5.92 Å². The molecule has 2 rings (SSSR count). The zero-order chi connectivity index (χ0) is 14.4. The van der Waals surface area contributed by atoms with Crippen molar-refractivity contribution in [1.82, 2.24) is 9.80 Å². The van der Waals surface area contributed by atoms with E-state index in [1.165, 1.54) is 38.9 Å². The summed E-state index contributed by atoms with van der Waals surface area (Å²) in [5.74, 6) is 0.523. The molecule has 2 fully saturated rings. The third kappa shape index (κ3) is 5.33. The summed E-state index contributed by atoms with van der Waals surface area (Å²) in [5.41, 5.74) is 6.21. The van der Waals surface area contributed by atoms with E-state index in [9.17, 15) is 0 Å². The molecule has 0 saturated carbocycles. The Morgan fingerprint density at radius 3 is 2.40 bits per heavy atom. The monoisotopic (exact) mass is 283 g/mol. The molecule has 4 N–H and O–H groups in total. The van der Waals surface area contributed by atoms with Crippen molar-refractivity contribution in [3.05, 3.63) is 0 Å². The molecule has 0 radical (unpaired) electrons. The molecule has 6 heteroatoms. The van der Waals surface area contributed by atoms with E-state index in [1.54, 1.807) is 0 Å². The zero-order valence-corrected chi connectivity index (χ0v) is 12.6. The van der Waals surface area contributed by atoms with E-state index < -0.39 is 7.12 Å². The van der Waals surface area contributed by atoms with Crippen LogP contribution < -0.4 is 5.73 Å². The Hall–Kier alpha value is -0.135. The van der Waals surface area contributed by atoms with Crippen LogP contribution in [0.1, 0.15) is 32.1 Å². The Balaban J connectivity index is 1.62. The molecule has 0 bridgehead atoms. The van der Waals surface area contributed by atoms with Crippen LogP contribution in [0.4, 0.5) is 0 Å². The second-order valence-electron chi connectivity index (χ2n) is 6.50. The van der Waals surface area contributed by atoms with E-state index in [0.29, 0.717) is 12.2 Å². The number of hydrogen-bond acceptors (Lipinski definition) is 5. The summed E-state index contributed by atoms with van der Waals surface area (Å²) < 4.78 is 0. The Kier molecular flexibility index (Phi) is 6.77. The average molecular weight is 283 g/mol. The summed E-state index contributed by atoms with van der Waals surface area (Å²) in [6.07, 6.45) is 6.44. The number of nitrogens with two attached hydrogens (primary N) is 1. The maximum atomic E-state index is 8.88. The highest BCUT2D eigenvalue weighted by Gasteiger charge is 2.29. The lowest BCUT2D eigenvalue weighted by atomic mass is 9.82. The molecule has 116 valence electrons. The summed E-state index contributed by atoms with van der Waals surface area (Å²) in [4.78, 5) is 5.06. The largest absolute Gasteiger partial charge is 0.451 e. The van der Waals surface area contributed by atoms with Gasteiger partial charge in [-0.2, -0.15) is 0 Å². The third-order valence-corrected chi connectivity index (χ3v) is 4.79. The second kappa shape index (κ2) is 8.34. The van der Waals surface area contributed by atoms with Gasteiger partial charge in [-0.1, -0.05) is 12.8 Å². The first-order valence-electron chi connectivity index (χ1n) is 8.21. The predicted molar refractivity (Wildman–Crippen MR) is 82.4 cm³/mol. The fourth-order valence-corrected chi connectivity index (χ4v) is 3.51. The van der Waals surface area contributed by atoms with Crippen LogP contribution in [0.25, 0.3) is 0 Å². The number of likely N-dealkylation sites (tertiary alicyclic amines) is 2. The van der Waals surface area contributed by atoms with Gasteiger partial charge in [0, 0.05) is 32.2 Å². The first-order chi connectivity index (χ1) is 9.65. The van der Waals surface area contributed by atoms with Crippen LogP contribution >= 0.6 is 0 Å². The summed E-state index contributed by atoms with van der Waals surface area (Å²) in [5, 5.41) is 17.8. The molecule has 2 atom stereocenters. The van der Waals surface area contributed by atoms with Crippen LogP contribution in [0.5, 0.6) is 0 Å². The van der Waals surface area contributed by atoms with Gasteiger partial charge >= 0.3 is 7.12 Å². The molecule has 0 aromatic rings. The minimum atomic E-state index is -1.16. The Bertz CT molecular complexity index is 275. The molecule has 0 aliphatic carbocycles. The van der Waals surface area contributed by atoms with Crippen LogP contribution in [-0.2, 0) is 0 Å². The molecular weight excluding hydrogens is 253 g/mol. The topological polar surface area (TPSA) is 73.0 Å². The van der Waals surface area contributed by atoms with Gasteiger partial charge in [-0.15, -0.1) is 0 Å². The lowest BCUT2D eigenvalue weighted by molar-refractivity contribution is 0.193. The Morgan fingerprint density at radius 2 is 1.70 bits per heavy atom. The Morgan fingerprint density at radius 1 is 1.00 bits per heavy atom. The molecule has 0 unspecified atom stereocenters. The van der Waals surface area contributed by atoms with Crippen LogP contribution in [-0.4, -0.2) is 72.3 Å². The summed E-state index contributed by atoms with van der Waals surface area (Å²) in [6.45, 7) is 6.91. The highest BCUT2D eigenvalue weighted by Crippen LogP contribution is 2.21. The normalized spacial score (nSPS) is 28.9. The van der Waals surface area contributed by atoms with Crippen LogP contribution in [0.3, 0.4) is 0 Å². The number of rotatable bonds is 7. The van der Waals surface area contributed by atoms with Gasteiger partial charge in [-0.25, -0.2) is 0 Å². The summed E-state index contributed by atoms with van der Waals surface area (Å²) in [7, 11) is -1.16. The van der Waals surface area contributed by atoms with Crippen molar-refractivity contribution in [3.63, 3.8) is 0 Å². The van der Waals surface area contributed by atoms with Gasteiger partial charge in [0.25, 0.3) is 0 Å². The van der Waals surface area contributed by atoms with Gasteiger partial charge in [0.2, 0.25) is 0 Å². The predicted octanol–water partition coefficient (Wildman–Crippen LogP) is -0.0156. The van der Waals surface area contributed by atoms with Gasteiger partial charge in [0.15, 0.2) is 0 Å². The fraction of sp³-hybridized carbons (Fsp3) is 1.00. The van der Waals surface area contributed by atoms with Gasteiger partial charge in [0.1, 0.15) is 0 Å². The quantitative estimate of drug-likeness (QED) is 0.573. The highest BCUT2D eigenvalue weighted by molar-refractivity contribution is 6.40. The molecule has 0 aromatic carbocycles. The van der Waals surface area contributed by atoms with Crippen molar-refractivity contribution >= 4 is 7.12 Å². The standard InChI is InChI=1S/C14H30BN3O2/c16-14-12-18(10-9-17-7-2-1-3-8-17)11-13(14)5-4-6-15(19)20/h13-14,19-20H,1-12,16H2/t13-,14-/m0/s1. The van der Waals surface area contributed by atoms with Gasteiger partial charge in [-0.05, 0) is 44.6 Å². The molecule has 2 aliphatic heterocycles. The molecule has 2 saturated heterocycles. The zero-order valence-electron chi connectivity index (χ0n) is 12.6. The van der Waals surface area contributed by atoms with Crippen LogP contribution in [0.15, 0.2) is 0 Å². The summed E-state index contributed by atoms with van der Waals surface area (Å²) in [6, 6.07) is 0.257. The van der Waals surface area contributed by atoms with E-state index in [2.05, 4.69) is 9.80 Å². The van der Waals surface area contributed by atoms with E-state index in [4.69, 9.17) is 15.8 Å². The Labute approximate surface area is 123 Å². The number of hydrogen-bond donors (Lipinski definition) is 3.